The van der Waals surface area contributed by atoms with Crippen LogP contribution in [0.1, 0.15) is 176 Å². The normalized spacial score (nSPS) is 22.7. The molecule has 0 N–H and O–H groups in total. The Labute approximate surface area is 259 Å². The van der Waals surface area contributed by atoms with Crippen molar-refractivity contribution in [2.45, 2.75) is 167 Å². The van der Waals surface area contributed by atoms with Crippen molar-refractivity contribution >= 4 is 5.78 Å². The van der Waals surface area contributed by atoms with Gasteiger partial charge in [-0.3, -0.25) is 4.79 Å². The van der Waals surface area contributed by atoms with Crippen molar-refractivity contribution in [2.24, 2.45) is 11.8 Å². The number of aryl methyl sites for hydroxylation is 2. The third kappa shape index (κ3) is 11.3. The van der Waals surface area contributed by atoms with E-state index in [1.165, 1.54) is 127 Å². The zero-order valence-corrected chi connectivity index (χ0v) is 27.4. The van der Waals surface area contributed by atoms with Crippen LogP contribution in [0.3, 0.4) is 0 Å². The predicted molar refractivity (Wildman–Crippen MR) is 181 cm³/mol. The molecule has 42 heavy (non-hydrogen) atoms. The van der Waals surface area contributed by atoms with E-state index in [-0.39, 0.29) is 0 Å². The van der Waals surface area contributed by atoms with Gasteiger partial charge in [-0.1, -0.05) is 101 Å². The molecule has 0 amide bonds. The minimum Gasteiger partial charge on any atom is -0.300 e. The zero-order valence-electron chi connectivity index (χ0n) is 27.4. The Morgan fingerprint density at radius 2 is 0.905 bits per heavy atom. The Morgan fingerprint density at radius 1 is 0.524 bits per heavy atom. The lowest BCUT2D eigenvalue weighted by atomic mass is 9.76. The Hall–Kier alpha value is -1.89. The van der Waals surface area contributed by atoms with Gasteiger partial charge in [0.15, 0.2) is 0 Å². The SMILES string of the molecule is CCCCCc1ccc(C2CCC(CCCC(=O)CCC[C@H]3CC[C@H](c4ccc(CCCCC)cc4)CC3)CC2)cc1. The Morgan fingerprint density at radius 3 is 1.26 bits per heavy atom. The van der Waals surface area contributed by atoms with Crippen molar-refractivity contribution in [1.29, 1.82) is 0 Å². The van der Waals surface area contributed by atoms with Crippen molar-refractivity contribution in [2.75, 3.05) is 0 Å². The number of benzene rings is 2. The van der Waals surface area contributed by atoms with Gasteiger partial charge >= 0.3 is 0 Å². The summed E-state index contributed by atoms with van der Waals surface area (Å²) >= 11 is 0. The standard InChI is InChI=1S/C41H62O/c1-3-5-7-11-33-17-25-37(26-18-33)39-29-21-35(22-30-39)13-9-15-41(42)16-10-14-36-23-31-40(32-24-36)38-27-19-34(20-28-38)12-8-6-4-2/h17-20,25-28,35-36,39-40H,3-16,21-24,29-32H2,1-2H3/t35-,36?,39-,40?. The van der Waals surface area contributed by atoms with Gasteiger partial charge in [0.05, 0.1) is 0 Å². The lowest BCUT2D eigenvalue weighted by Crippen LogP contribution is -2.14. The number of hydrogen-bond acceptors (Lipinski definition) is 1. The maximum atomic E-state index is 12.6. The molecule has 0 aliphatic heterocycles. The maximum Gasteiger partial charge on any atom is 0.132 e. The van der Waals surface area contributed by atoms with E-state index in [4.69, 9.17) is 0 Å². The zero-order chi connectivity index (χ0) is 29.4. The van der Waals surface area contributed by atoms with Crippen molar-refractivity contribution < 1.29 is 4.79 Å². The molecule has 1 heteroatoms. The molecule has 2 aliphatic carbocycles. The summed E-state index contributed by atoms with van der Waals surface area (Å²) in [6.45, 7) is 4.55. The van der Waals surface area contributed by atoms with Crippen LogP contribution in [0.4, 0.5) is 0 Å². The molecular formula is C41H62O. The van der Waals surface area contributed by atoms with E-state index in [1.807, 2.05) is 0 Å². The van der Waals surface area contributed by atoms with Crippen LogP contribution in [0.15, 0.2) is 48.5 Å². The fourth-order valence-corrected chi connectivity index (χ4v) is 7.94. The second-order valence-electron chi connectivity index (χ2n) is 14.2. The van der Waals surface area contributed by atoms with Gasteiger partial charge < -0.3 is 0 Å². The summed E-state index contributed by atoms with van der Waals surface area (Å²) in [6.07, 6.45) is 27.5. The van der Waals surface area contributed by atoms with Crippen LogP contribution < -0.4 is 0 Å². The van der Waals surface area contributed by atoms with Gasteiger partial charge in [-0.25, -0.2) is 0 Å². The lowest BCUT2D eigenvalue weighted by Gasteiger charge is -2.29. The molecule has 2 aliphatic rings. The van der Waals surface area contributed by atoms with Gasteiger partial charge in [0.1, 0.15) is 5.78 Å². The molecule has 0 radical (unpaired) electrons. The number of carbonyl (C=O) groups is 1. The summed E-state index contributed by atoms with van der Waals surface area (Å²) < 4.78 is 0. The Bertz CT molecular complexity index is 905. The van der Waals surface area contributed by atoms with E-state index >= 15 is 0 Å². The monoisotopic (exact) mass is 570 g/mol. The van der Waals surface area contributed by atoms with E-state index in [1.54, 1.807) is 11.1 Å². The minimum absolute atomic E-state index is 0.524. The van der Waals surface area contributed by atoms with Crippen LogP contribution >= 0.6 is 0 Å². The smallest absolute Gasteiger partial charge is 0.132 e. The molecule has 0 aromatic heterocycles. The second-order valence-corrected chi connectivity index (χ2v) is 14.2. The van der Waals surface area contributed by atoms with Crippen molar-refractivity contribution in [1.82, 2.24) is 0 Å². The van der Waals surface area contributed by atoms with Crippen molar-refractivity contribution in [3.05, 3.63) is 70.8 Å². The van der Waals surface area contributed by atoms with Gasteiger partial charge in [0.2, 0.25) is 0 Å². The summed E-state index contributed by atoms with van der Waals surface area (Å²) in [4.78, 5) is 12.6. The molecule has 4 rings (SSSR count). The Kier molecular flexibility index (Phi) is 14.7. The average Bonchev–Trinajstić information content (AvgIpc) is 3.03. The van der Waals surface area contributed by atoms with Crippen LogP contribution in [0, 0.1) is 11.8 Å². The highest BCUT2D eigenvalue weighted by Crippen LogP contribution is 2.39. The van der Waals surface area contributed by atoms with E-state index in [0.717, 1.165) is 49.4 Å². The third-order valence-corrected chi connectivity index (χ3v) is 10.9. The number of rotatable bonds is 18. The van der Waals surface area contributed by atoms with Crippen LogP contribution in [0.5, 0.6) is 0 Å². The fourth-order valence-electron chi connectivity index (χ4n) is 7.94. The van der Waals surface area contributed by atoms with Crippen molar-refractivity contribution in [3.63, 3.8) is 0 Å². The summed E-state index contributed by atoms with van der Waals surface area (Å²) in [5.74, 6) is 3.71. The van der Waals surface area contributed by atoms with Gasteiger partial charge in [-0.15, -0.1) is 0 Å². The lowest BCUT2D eigenvalue weighted by molar-refractivity contribution is -0.119. The quantitative estimate of drug-likeness (QED) is 0.163. The third-order valence-electron chi connectivity index (χ3n) is 10.9. The van der Waals surface area contributed by atoms with E-state index in [2.05, 4.69) is 62.4 Å². The molecule has 1 nitrogen and oxygen atoms in total. The maximum absolute atomic E-state index is 12.6. The number of carbonyl (C=O) groups excluding carboxylic acids is 1. The van der Waals surface area contributed by atoms with E-state index < -0.39 is 0 Å². The number of ketones is 1. The van der Waals surface area contributed by atoms with Crippen LogP contribution in [-0.2, 0) is 17.6 Å². The number of unbranched alkanes of at least 4 members (excludes halogenated alkanes) is 4. The Balaban J connectivity index is 1.02. The highest BCUT2D eigenvalue weighted by atomic mass is 16.1. The highest BCUT2D eigenvalue weighted by molar-refractivity contribution is 5.78. The molecule has 0 spiro atoms. The molecule has 2 aromatic carbocycles. The number of hydrogen-bond donors (Lipinski definition) is 0. The van der Waals surface area contributed by atoms with Crippen molar-refractivity contribution in [3.8, 4) is 0 Å². The van der Waals surface area contributed by atoms with E-state index in [0.29, 0.717) is 5.78 Å². The first kappa shape index (κ1) is 33.0. The summed E-state index contributed by atoms with van der Waals surface area (Å²) in [6, 6.07) is 19.1. The van der Waals surface area contributed by atoms with Crippen LogP contribution in [-0.4, -0.2) is 5.78 Å². The average molecular weight is 571 g/mol. The molecule has 0 unspecified atom stereocenters. The summed E-state index contributed by atoms with van der Waals surface area (Å²) in [5.41, 5.74) is 6.13. The minimum atomic E-state index is 0.524. The van der Waals surface area contributed by atoms with Gasteiger partial charge in [0.25, 0.3) is 0 Å². The van der Waals surface area contributed by atoms with Gasteiger partial charge in [-0.05, 0) is 136 Å². The first-order chi connectivity index (χ1) is 20.6. The van der Waals surface area contributed by atoms with Gasteiger partial charge in [-0.2, -0.15) is 0 Å². The largest absolute Gasteiger partial charge is 0.300 e. The number of Topliss-reactive ketones (excluding diaryl/α,β-unsaturated/α-hetero) is 1. The van der Waals surface area contributed by atoms with Crippen LogP contribution in [0.25, 0.3) is 0 Å². The fraction of sp³-hybridized carbons (Fsp3) is 0.683. The molecule has 0 atom stereocenters. The van der Waals surface area contributed by atoms with Gasteiger partial charge in [0, 0.05) is 12.8 Å². The van der Waals surface area contributed by atoms with E-state index in [9.17, 15) is 4.79 Å². The molecule has 0 saturated heterocycles. The summed E-state index contributed by atoms with van der Waals surface area (Å²) in [5, 5.41) is 0. The molecular weight excluding hydrogens is 508 g/mol. The first-order valence-electron chi connectivity index (χ1n) is 18.3. The molecule has 0 bridgehead atoms. The molecule has 0 heterocycles. The molecule has 232 valence electrons. The predicted octanol–water partition coefficient (Wildman–Crippen LogP) is 12.3. The molecule has 2 fully saturated rings. The second kappa shape index (κ2) is 18.7. The highest BCUT2D eigenvalue weighted by Gasteiger charge is 2.24. The molecule has 2 saturated carbocycles. The topological polar surface area (TPSA) is 17.1 Å². The first-order valence-corrected chi connectivity index (χ1v) is 18.3. The summed E-state index contributed by atoms with van der Waals surface area (Å²) in [7, 11) is 0. The molecule has 2 aromatic rings. The van der Waals surface area contributed by atoms with Crippen LogP contribution in [0.2, 0.25) is 0 Å².